The van der Waals surface area contributed by atoms with Gasteiger partial charge in [0.25, 0.3) is 0 Å². The summed E-state index contributed by atoms with van der Waals surface area (Å²) in [6.45, 7) is 6.84. The quantitative estimate of drug-likeness (QED) is 0.842. The van der Waals surface area contributed by atoms with E-state index in [9.17, 15) is 4.79 Å². The van der Waals surface area contributed by atoms with Crippen molar-refractivity contribution in [3.63, 3.8) is 0 Å². The van der Waals surface area contributed by atoms with E-state index in [2.05, 4.69) is 19.9 Å². The average Bonchev–Trinajstić information content (AvgIpc) is 2.42. The van der Waals surface area contributed by atoms with Crippen LogP contribution in [0.25, 0.3) is 0 Å². The smallest absolute Gasteiger partial charge is 0.170 e. The van der Waals surface area contributed by atoms with Gasteiger partial charge in [-0.25, -0.2) is 0 Å². The molecule has 0 aliphatic heterocycles. The van der Waals surface area contributed by atoms with Crippen molar-refractivity contribution in [2.45, 2.75) is 46.5 Å². The lowest BCUT2D eigenvalue weighted by atomic mass is 9.66. The van der Waals surface area contributed by atoms with Gasteiger partial charge in [-0.15, -0.1) is 0 Å². The molecule has 1 fully saturated rings. The number of Topliss-reactive ketones (excluding diaryl/α,β-unsaturated/α-hetero) is 1. The summed E-state index contributed by atoms with van der Waals surface area (Å²) in [5, 5.41) is 0. The Bertz CT molecular complexity index is 470. The molecule has 1 aromatic rings. The Morgan fingerprint density at radius 3 is 2.53 bits per heavy atom. The fourth-order valence-corrected chi connectivity index (χ4v) is 3.12. The molecule has 0 aromatic heterocycles. The fourth-order valence-electron chi connectivity index (χ4n) is 3.12. The molecule has 0 unspecified atom stereocenters. The summed E-state index contributed by atoms with van der Waals surface area (Å²) in [5.74, 6) is 0.995. The monoisotopic (exact) mass is 259 g/mol. The Balaban J connectivity index is 2.33. The van der Waals surface area contributed by atoms with Gasteiger partial charge in [-0.3, -0.25) is 4.79 Å². The molecule has 0 bridgehead atoms. The van der Waals surface area contributed by atoms with Crippen LogP contribution in [0.5, 0.6) is 0 Å². The molecule has 0 spiro atoms. The minimum absolute atomic E-state index is 0.267. The van der Waals surface area contributed by atoms with E-state index in [0.29, 0.717) is 6.54 Å². The van der Waals surface area contributed by atoms with Crippen molar-refractivity contribution in [1.82, 2.24) is 0 Å². The maximum Gasteiger partial charge on any atom is 0.170 e. The molecule has 0 radical (unpaired) electrons. The summed E-state index contributed by atoms with van der Waals surface area (Å²) in [6, 6.07) is 6.00. The summed E-state index contributed by atoms with van der Waals surface area (Å²) >= 11 is 0. The maximum absolute atomic E-state index is 13.0. The molecule has 0 atom stereocenters. The number of nitrogens with two attached hydrogens (primary N) is 1. The lowest BCUT2D eigenvalue weighted by Crippen LogP contribution is -2.42. The van der Waals surface area contributed by atoms with Crippen LogP contribution in [0.4, 0.5) is 0 Å². The SMILES string of the molecule is Cc1cccc(C(=O)C2(CN)CCC(C)CC2)c1C. The Morgan fingerprint density at radius 1 is 1.32 bits per heavy atom. The highest BCUT2D eigenvalue weighted by Crippen LogP contribution is 2.41. The second kappa shape index (κ2) is 5.46. The first-order valence-corrected chi connectivity index (χ1v) is 7.31. The molecule has 0 saturated heterocycles. The van der Waals surface area contributed by atoms with Gasteiger partial charge in [0.15, 0.2) is 5.78 Å². The number of carbonyl (C=O) groups excluding carboxylic acids is 1. The van der Waals surface area contributed by atoms with Crippen LogP contribution in [0.15, 0.2) is 18.2 Å². The van der Waals surface area contributed by atoms with Gasteiger partial charge in [0.2, 0.25) is 0 Å². The minimum Gasteiger partial charge on any atom is -0.329 e. The number of aryl methyl sites for hydroxylation is 1. The van der Waals surface area contributed by atoms with Crippen LogP contribution < -0.4 is 5.73 Å². The summed E-state index contributed by atoms with van der Waals surface area (Å²) in [5.41, 5.74) is 8.84. The molecule has 1 saturated carbocycles. The number of hydrogen-bond donors (Lipinski definition) is 1. The maximum atomic E-state index is 13.0. The molecule has 2 nitrogen and oxygen atoms in total. The molecule has 2 rings (SSSR count). The molecule has 19 heavy (non-hydrogen) atoms. The summed E-state index contributed by atoms with van der Waals surface area (Å²) in [7, 11) is 0. The predicted molar refractivity (Wildman–Crippen MR) is 79.4 cm³/mol. The standard InChI is InChI=1S/C17H25NO/c1-12-7-9-17(11-18,10-8-12)16(19)15-6-4-5-13(2)14(15)3/h4-6,12H,7-11,18H2,1-3H3. The second-order valence-electron chi connectivity index (χ2n) is 6.24. The molecular weight excluding hydrogens is 234 g/mol. The van der Waals surface area contributed by atoms with Crippen molar-refractivity contribution in [1.29, 1.82) is 0 Å². The fraction of sp³-hybridized carbons (Fsp3) is 0.588. The third kappa shape index (κ3) is 2.59. The highest BCUT2D eigenvalue weighted by Gasteiger charge is 2.40. The number of hydrogen-bond acceptors (Lipinski definition) is 2. The third-order valence-corrected chi connectivity index (χ3v) is 4.95. The van der Waals surface area contributed by atoms with E-state index in [-0.39, 0.29) is 11.2 Å². The van der Waals surface area contributed by atoms with Crippen molar-refractivity contribution < 1.29 is 4.79 Å². The molecule has 2 N–H and O–H groups in total. The molecule has 0 amide bonds. The van der Waals surface area contributed by atoms with Crippen LogP contribution in [0, 0.1) is 25.2 Å². The lowest BCUT2D eigenvalue weighted by molar-refractivity contribution is 0.0694. The first-order chi connectivity index (χ1) is 9.00. The van der Waals surface area contributed by atoms with E-state index >= 15 is 0 Å². The van der Waals surface area contributed by atoms with Crippen LogP contribution >= 0.6 is 0 Å². The summed E-state index contributed by atoms with van der Waals surface area (Å²) in [4.78, 5) is 13.0. The first kappa shape index (κ1) is 14.3. The van der Waals surface area contributed by atoms with Crippen LogP contribution in [0.3, 0.4) is 0 Å². The van der Waals surface area contributed by atoms with E-state index in [4.69, 9.17) is 5.73 Å². The van der Waals surface area contributed by atoms with Gasteiger partial charge in [-0.2, -0.15) is 0 Å². The van der Waals surface area contributed by atoms with Gasteiger partial charge >= 0.3 is 0 Å². The van der Waals surface area contributed by atoms with Gasteiger partial charge < -0.3 is 5.73 Å². The number of ketones is 1. The predicted octanol–water partition coefficient (Wildman–Crippen LogP) is 3.64. The van der Waals surface area contributed by atoms with Gasteiger partial charge in [-0.05, 0) is 56.6 Å². The lowest BCUT2D eigenvalue weighted by Gasteiger charge is -2.37. The van der Waals surface area contributed by atoms with Crippen LogP contribution in [-0.2, 0) is 0 Å². The highest BCUT2D eigenvalue weighted by molar-refractivity contribution is 6.02. The van der Waals surface area contributed by atoms with Crippen molar-refractivity contribution in [3.8, 4) is 0 Å². The van der Waals surface area contributed by atoms with Crippen molar-refractivity contribution >= 4 is 5.78 Å². The van der Waals surface area contributed by atoms with E-state index in [1.54, 1.807) is 0 Å². The zero-order valence-electron chi connectivity index (χ0n) is 12.3. The molecule has 0 heterocycles. The molecule has 1 aromatic carbocycles. The molecule has 2 heteroatoms. The zero-order valence-corrected chi connectivity index (χ0v) is 12.3. The number of carbonyl (C=O) groups is 1. The summed E-state index contributed by atoms with van der Waals surface area (Å²) in [6.07, 6.45) is 4.12. The van der Waals surface area contributed by atoms with Gasteiger partial charge in [-0.1, -0.05) is 25.1 Å². The molecule has 1 aliphatic rings. The van der Waals surface area contributed by atoms with E-state index in [1.165, 1.54) is 5.56 Å². The topological polar surface area (TPSA) is 43.1 Å². The Morgan fingerprint density at radius 2 is 1.95 bits per heavy atom. The van der Waals surface area contributed by atoms with E-state index in [0.717, 1.165) is 42.7 Å². The van der Waals surface area contributed by atoms with Gasteiger partial charge in [0.05, 0.1) is 0 Å². The molecule has 104 valence electrons. The minimum atomic E-state index is -0.314. The molecular formula is C17H25NO. The Kier molecular flexibility index (Phi) is 4.10. The van der Waals surface area contributed by atoms with Crippen LogP contribution in [0.1, 0.15) is 54.1 Å². The molecule has 1 aliphatic carbocycles. The Hall–Kier alpha value is -1.15. The number of benzene rings is 1. The summed E-state index contributed by atoms with van der Waals surface area (Å²) < 4.78 is 0. The highest BCUT2D eigenvalue weighted by atomic mass is 16.1. The van der Waals surface area contributed by atoms with Crippen molar-refractivity contribution in [2.24, 2.45) is 17.1 Å². The normalized spacial score (nSPS) is 27.3. The second-order valence-corrected chi connectivity index (χ2v) is 6.24. The van der Waals surface area contributed by atoms with E-state index < -0.39 is 0 Å². The average molecular weight is 259 g/mol. The van der Waals surface area contributed by atoms with Crippen LogP contribution in [0.2, 0.25) is 0 Å². The van der Waals surface area contributed by atoms with Crippen molar-refractivity contribution in [2.75, 3.05) is 6.54 Å². The third-order valence-electron chi connectivity index (χ3n) is 4.95. The largest absolute Gasteiger partial charge is 0.329 e. The van der Waals surface area contributed by atoms with Gasteiger partial charge in [0, 0.05) is 17.5 Å². The van der Waals surface area contributed by atoms with Gasteiger partial charge in [0.1, 0.15) is 0 Å². The first-order valence-electron chi connectivity index (χ1n) is 7.31. The zero-order chi connectivity index (χ0) is 14.0. The Labute approximate surface area is 116 Å². The number of rotatable bonds is 3. The van der Waals surface area contributed by atoms with Crippen molar-refractivity contribution in [3.05, 3.63) is 34.9 Å². The van der Waals surface area contributed by atoms with E-state index in [1.807, 2.05) is 19.1 Å². The van der Waals surface area contributed by atoms with Crippen LogP contribution in [-0.4, -0.2) is 12.3 Å².